The van der Waals surface area contributed by atoms with Crippen molar-refractivity contribution in [2.75, 3.05) is 0 Å². The van der Waals surface area contributed by atoms with Crippen LogP contribution in [0.4, 0.5) is 0 Å². The van der Waals surface area contributed by atoms with Crippen molar-refractivity contribution in [2.24, 2.45) is 0 Å². The van der Waals surface area contributed by atoms with E-state index in [0.717, 1.165) is 17.3 Å². The third-order valence-corrected chi connectivity index (χ3v) is 3.43. The monoisotopic (exact) mass is 308 g/mol. The number of aromatic nitrogens is 2. The number of carboxylic acid groups (broad SMARTS) is 2. The summed E-state index contributed by atoms with van der Waals surface area (Å²) in [5.41, 5.74) is 2.07. The van der Waals surface area contributed by atoms with Crippen LogP contribution in [-0.2, 0) is 0 Å². The Kier molecular flexibility index (Phi) is 3.64. The van der Waals surface area contributed by atoms with Gasteiger partial charge in [-0.1, -0.05) is 12.1 Å². The molecule has 0 aliphatic rings. The van der Waals surface area contributed by atoms with Crippen molar-refractivity contribution < 1.29 is 19.8 Å². The molecule has 0 fully saturated rings. The van der Waals surface area contributed by atoms with Gasteiger partial charge in [0.15, 0.2) is 0 Å². The molecule has 0 aliphatic carbocycles. The minimum Gasteiger partial charge on any atom is -0.478 e. The molecule has 1 aromatic heterocycles. The van der Waals surface area contributed by atoms with E-state index in [9.17, 15) is 9.59 Å². The zero-order valence-electron chi connectivity index (χ0n) is 11.9. The van der Waals surface area contributed by atoms with Crippen molar-refractivity contribution in [3.8, 4) is 16.8 Å². The van der Waals surface area contributed by atoms with E-state index < -0.39 is 11.9 Å². The number of nitrogens with zero attached hydrogens (tertiary/aromatic N) is 2. The third kappa shape index (κ3) is 2.96. The summed E-state index contributed by atoms with van der Waals surface area (Å²) in [4.78, 5) is 26.3. The number of rotatable bonds is 4. The Balaban J connectivity index is 2.04. The normalized spacial score (nSPS) is 10.4. The topological polar surface area (TPSA) is 92.4 Å². The van der Waals surface area contributed by atoms with E-state index in [2.05, 4.69) is 4.98 Å². The van der Waals surface area contributed by atoms with E-state index in [4.69, 9.17) is 10.2 Å². The Morgan fingerprint density at radius 1 is 0.870 bits per heavy atom. The summed E-state index contributed by atoms with van der Waals surface area (Å²) in [6.45, 7) is 0. The fraction of sp³-hybridized carbons (Fsp3) is 0. The highest BCUT2D eigenvalue weighted by molar-refractivity contribution is 5.96. The van der Waals surface area contributed by atoms with E-state index >= 15 is 0 Å². The molecule has 0 unspecified atom stereocenters. The molecule has 1 heterocycles. The third-order valence-electron chi connectivity index (χ3n) is 3.43. The number of aromatic carboxylic acids is 2. The minimum absolute atomic E-state index is 0.0569. The van der Waals surface area contributed by atoms with Crippen molar-refractivity contribution in [1.29, 1.82) is 0 Å². The van der Waals surface area contributed by atoms with Gasteiger partial charge < -0.3 is 14.8 Å². The SMILES string of the molecule is O=C(O)c1cc(C(=O)O)cc(-c2ccc(-n3ccnc3)cc2)c1. The average Bonchev–Trinajstić information content (AvgIpc) is 3.09. The molecule has 0 bridgehead atoms. The predicted molar refractivity (Wildman–Crippen MR) is 82.9 cm³/mol. The summed E-state index contributed by atoms with van der Waals surface area (Å²) in [6.07, 6.45) is 5.15. The summed E-state index contributed by atoms with van der Waals surface area (Å²) in [7, 11) is 0. The van der Waals surface area contributed by atoms with Crippen molar-refractivity contribution in [1.82, 2.24) is 9.55 Å². The maximum atomic E-state index is 11.2. The van der Waals surface area contributed by atoms with E-state index in [-0.39, 0.29) is 11.1 Å². The van der Waals surface area contributed by atoms with Gasteiger partial charge >= 0.3 is 11.9 Å². The first-order valence-electron chi connectivity index (χ1n) is 6.75. The first-order chi connectivity index (χ1) is 11.0. The molecular formula is C17H12N2O4. The van der Waals surface area contributed by atoms with Gasteiger partial charge in [-0.05, 0) is 41.5 Å². The Morgan fingerprint density at radius 3 is 1.96 bits per heavy atom. The summed E-state index contributed by atoms with van der Waals surface area (Å²) < 4.78 is 1.83. The first kappa shape index (κ1) is 14.5. The number of imidazole rings is 1. The Labute approximate surface area is 131 Å². The molecule has 3 aromatic rings. The average molecular weight is 308 g/mol. The number of carboxylic acids is 2. The molecular weight excluding hydrogens is 296 g/mol. The molecule has 0 atom stereocenters. The number of hydrogen-bond acceptors (Lipinski definition) is 3. The second kappa shape index (κ2) is 5.76. The fourth-order valence-corrected chi connectivity index (χ4v) is 2.28. The van der Waals surface area contributed by atoms with E-state index in [0.29, 0.717) is 5.56 Å². The van der Waals surface area contributed by atoms with Gasteiger partial charge in [-0.2, -0.15) is 0 Å². The molecule has 114 valence electrons. The van der Waals surface area contributed by atoms with Crippen LogP contribution < -0.4 is 0 Å². The van der Waals surface area contributed by atoms with E-state index in [1.54, 1.807) is 12.5 Å². The number of carbonyl (C=O) groups is 2. The molecule has 6 nitrogen and oxygen atoms in total. The van der Waals surface area contributed by atoms with Crippen LogP contribution >= 0.6 is 0 Å². The van der Waals surface area contributed by atoms with Crippen molar-refractivity contribution in [3.63, 3.8) is 0 Å². The van der Waals surface area contributed by atoms with Gasteiger partial charge in [-0.3, -0.25) is 0 Å². The lowest BCUT2D eigenvalue weighted by molar-refractivity contribution is 0.0696. The lowest BCUT2D eigenvalue weighted by Gasteiger charge is -2.07. The highest BCUT2D eigenvalue weighted by Gasteiger charge is 2.12. The number of benzene rings is 2. The Hall–Kier alpha value is -3.41. The second-order valence-electron chi connectivity index (χ2n) is 4.93. The van der Waals surface area contributed by atoms with Gasteiger partial charge in [0.2, 0.25) is 0 Å². The quantitative estimate of drug-likeness (QED) is 0.773. The first-order valence-corrected chi connectivity index (χ1v) is 6.75. The van der Waals surface area contributed by atoms with Crippen LogP contribution in [0.1, 0.15) is 20.7 Å². The van der Waals surface area contributed by atoms with Crippen LogP contribution in [0.15, 0.2) is 61.2 Å². The van der Waals surface area contributed by atoms with Crippen molar-refractivity contribution >= 4 is 11.9 Å². The van der Waals surface area contributed by atoms with Gasteiger partial charge in [0.05, 0.1) is 17.5 Å². The zero-order chi connectivity index (χ0) is 16.4. The highest BCUT2D eigenvalue weighted by Crippen LogP contribution is 2.24. The molecule has 23 heavy (non-hydrogen) atoms. The Bertz CT molecular complexity index is 836. The van der Waals surface area contributed by atoms with Crippen LogP contribution in [0.3, 0.4) is 0 Å². The van der Waals surface area contributed by atoms with Gasteiger partial charge in [-0.25, -0.2) is 14.6 Å². The number of hydrogen-bond donors (Lipinski definition) is 2. The van der Waals surface area contributed by atoms with Crippen LogP contribution in [0.25, 0.3) is 16.8 Å². The maximum Gasteiger partial charge on any atom is 0.335 e. The van der Waals surface area contributed by atoms with Crippen LogP contribution in [0.5, 0.6) is 0 Å². The summed E-state index contributed by atoms with van der Waals surface area (Å²) >= 11 is 0. The predicted octanol–water partition coefficient (Wildman–Crippen LogP) is 2.94. The van der Waals surface area contributed by atoms with Gasteiger partial charge in [0.1, 0.15) is 0 Å². The lowest BCUT2D eigenvalue weighted by atomic mass is 9.99. The zero-order valence-corrected chi connectivity index (χ0v) is 11.9. The molecule has 0 saturated heterocycles. The van der Waals surface area contributed by atoms with Gasteiger partial charge in [0, 0.05) is 18.1 Å². The Morgan fingerprint density at radius 2 is 1.48 bits per heavy atom. The van der Waals surface area contributed by atoms with Crippen LogP contribution in [0, 0.1) is 0 Å². The summed E-state index contributed by atoms with van der Waals surface area (Å²) in [5, 5.41) is 18.3. The van der Waals surface area contributed by atoms with Crippen molar-refractivity contribution in [3.05, 3.63) is 72.3 Å². The molecule has 3 rings (SSSR count). The van der Waals surface area contributed by atoms with E-state index in [1.807, 2.05) is 35.0 Å². The van der Waals surface area contributed by atoms with Crippen LogP contribution in [0.2, 0.25) is 0 Å². The molecule has 2 aromatic carbocycles. The maximum absolute atomic E-state index is 11.2. The fourth-order valence-electron chi connectivity index (χ4n) is 2.28. The molecule has 0 saturated carbocycles. The summed E-state index contributed by atoms with van der Waals surface area (Å²) in [5.74, 6) is -2.33. The standard InChI is InChI=1S/C17H12N2O4/c20-16(21)13-7-12(8-14(9-13)17(22)23)11-1-3-15(4-2-11)19-6-5-18-10-19/h1-10H,(H,20,21)(H,22,23). The molecule has 0 radical (unpaired) electrons. The molecule has 0 amide bonds. The minimum atomic E-state index is -1.16. The molecule has 6 heteroatoms. The largest absolute Gasteiger partial charge is 0.478 e. The summed E-state index contributed by atoms with van der Waals surface area (Å²) in [6, 6.07) is 11.4. The molecule has 0 aliphatic heterocycles. The van der Waals surface area contributed by atoms with Crippen LogP contribution in [-0.4, -0.2) is 31.7 Å². The highest BCUT2D eigenvalue weighted by atomic mass is 16.4. The lowest BCUT2D eigenvalue weighted by Crippen LogP contribution is -2.03. The van der Waals surface area contributed by atoms with Gasteiger partial charge in [0.25, 0.3) is 0 Å². The molecule has 2 N–H and O–H groups in total. The second-order valence-corrected chi connectivity index (χ2v) is 4.93. The molecule has 0 spiro atoms. The van der Waals surface area contributed by atoms with Gasteiger partial charge in [-0.15, -0.1) is 0 Å². The van der Waals surface area contributed by atoms with Crippen molar-refractivity contribution in [2.45, 2.75) is 0 Å². The smallest absolute Gasteiger partial charge is 0.335 e. The van der Waals surface area contributed by atoms with E-state index in [1.165, 1.54) is 12.1 Å².